The number of piperidine rings is 1. The van der Waals surface area contributed by atoms with Crippen molar-refractivity contribution in [2.75, 3.05) is 13.2 Å². The molecule has 0 radical (unpaired) electrons. The second kappa shape index (κ2) is 5.45. The van der Waals surface area contributed by atoms with Crippen molar-refractivity contribution in [3.05, 3.63) is 0 Å². The number of nitrogens with one attached hydrogen (secondary N) is 3. The van der Waals surface area contributed by atoms with E-state index in [1.165, 1.54) is 0 Å². The van der Waals surface area contributed by atoms with Crippen LogP contribution in [0.1, 0.15) is 19.3 Å². The van der Waals surface area contributed by atoms with Gasteiger partial charge in [-0.3, -0.25) is 14.9 Å². The lowest BCUT2D eigenvalue weighted by atomic mass is 9.99. The molecule has 0 aromatic carbocycles. The molecule has 20 heavy (non-hydrogen) atoms. The molecule has 2 unspecified atom stereocenters. The molecule has 0 aromatic heterocycles. The number of carboxylic acids is 1. The molecular weight excluding hydrogens is 270 g/mol. The van der Waals surface area contributed by atoms with Crippen molar-refractivity contribution >= 4 is 23.8 Å². The average Bonchev–Trinajstić information content (AvgIpc) is 2.82. The highest BCUT2D eigenvalue weighted by molar-refractivity contribution is 6.01. The molecule has 2 aliphatic heterocycles. The van der Waals surface area contributed by atoms with E-state index in [0.29, 0.717) is 0 Å². The fourth-order valence-electron chi connectivity index (χ4n) is 2.13. The topological polar surface area (TPSA) is 134 Å². The van der Waals surface area contributed by atoms with Crippen molar-refractivity contribution in [3.63, 3.8) is 0 Å². The Bertz CT molecular complexity index is 457. The maximum absolute atomic E-state index is 11.8. The number of imide groups is 1. The number of rotatable bonds is 3. The van der Waals surface area contributed by atoms with E-state index in [1.807, 2.05) is 0 Å². The number of amides is 4. The second-order valence-corrected chi connectivity index (χ2v) is 4.79. The maximum Gasteiger partial charge on any atom is 0.332 e. The molecule has 4 N–H and O–H groups in total. The van der Waals surface area contributed by atoms with Gasteiger partial charge in [-0.2, -0.15) is 0 Å². The van der Waals surface area contributed by atoms with Crippen LogP contribution in [0, 0.1) is 0 Å². The number of hydrogen-bond acceptors (Lipinski definition) is 5. The Labute approximate surface area is 114 Å². The van der Waals surface area contributed by atoms with Crippen LogP contribution in [0.25, 0.3) is 0 Å². The molecule has 2 atom stereocenters. The summed E-state index contributed by atoms with van der Waals surface area (Å²) in [6.45, 7) is 0.121. The maximum atomic E-state index is 11.8. The lowest BCUT2D eigenvalue weighted by Crippen LogP contribution is -2.61. The van der Waals surface area contributed by atoms with Gasteiger partial charge >= 0.3 is 12.0 Å². The number of ether oxygens (including phenoxy) is 1. The Kier molecular flexibility index (Phi) is 3.89. The lowest BCUT2D eigenvalue weighted by molar-refractivity contribution is -0.144. The Morgan fingerprint density at radius 3 is 2.70 bits per heavy atom. The number of carbonyl (C=O) groups is 4. The molecule has 0 saturated carbocycles. The molecule has 2 rings (SSSR count). The summed E-state index contributed by atoms with van der Waals surface area (Å²) in [5, 5.41) is 16.0. The number of aliphatic carboxylic acids is 1. The molecule has 4 amide bonds. The molecule has 2 aliphatic rings. The van der Waals surface area contributed by atoms with Crippen LogP contribution in [-0.4, -0.2) is 53.7 Å². The van der Waals surface area contributed by atoms with Crippen LogP contribution in [-0.2, 0) is 19.1 Å². The Morgan fingerprint density at radius 2 is 2.15 bits per heavy atom. The third-order valence-electron chi connectivity index (χ3n) is 3.33. The Balaban J connectivity index is 1.93. The van der Waals surface area contributed by atoms with E-state index in [2.05, 4.69) is 16.0 Å². The van der Waals surface area contributed by atoms with Gasteiger partial charge in [0.25, 0.3) is 0 Å². The fourth-order valence-corrected chi connectivity index (χ4v) is 2.13. The predicted molar refractivity (Wildman–Crippen MR) is 63.6 cm³/mol. The molecule has 9 heteroatoms. The molecule has 0 spiro atoms. The monoisotopic (exact) mass is 285 g/mol. The second-order valence-electron chi connectivity index (χ2n) is 4.79. The summed E-state index contributed by atoms with van der Waals surface area (Å²) in [7, 11) is 0. The molecule has 2 saturated heterocycles. The third-order valence-corrected chi connectivity index (χ3v) is 3.33. The largest absolute Gasteiger partial charge is 0.479 e. The van der Waals surface area contributed by atoms with Gasteiger partial charge in [-0.15, -0.1) is 0 Å². The van der Waals surface area contributed by atoms with Gasteiger partial charge in [0, 0.05) is 19.4 Å². The quantitative estimate of drug-likeness (QED) is 0.458. The van der Waals surface area contributed by atoms with Crippen molar-refractivity contribution in [1.82, 2.24) is 16.0 Å². The number of urea groups is 1. The van der Waals surface area contributed by atoms with E-state index >= 15 is 0 Å². The summed E-state index contributed by atoms with van der Waals surface area (Å²) in [5.74, 6) is -2.17. The van der Waals surface area contributed by atoms with Gasteiger partial charge in [-0.05, 0) is 6.42 Å². The Morgan fingerprint density at radius 1 is 1.40 bits per heavy atom. The first-order valence-corrected chi connectivity index (χ1v) is 6.16. The fraction of sp³-hybridized carbons (Fsp3) is 0.636. The van der Waals surface area contributed by atoms with E-state index in [4.69, 9.17) is 9.84 Å². The number of hydrogen-bond donors (Lipinski definition) is 4. The average molecular weight is 285 g/mol. The van der Waals surface area contributed by atoms with Crippen LogP contribution < -0.4 is 16.0 Å². The SMILES string of the molecule is O=C1CCC(NC(=O)NC2(C(=O)O)CCOC2)C(=O)N1. The molecule has 2 heterocycles. The molecule has 2 fully saturated rings. The summed E-state index contributed by atoms with van der Waals surface area (Å²) in [5.41, 5.74) is -1.47. The van der Waals surface area contributed by atoms with Crippen molar-refractivity contribution in [1.29, 1.82) is 0 Å². The number of carbonyl (C=O) groups excluding carboxylic acids is 3. The van der Waals surface area contributed by atoms with Gasteiger partial charge in [0.2, 0.25) is 11.8 Å². The highest BCUT2D eigenvalue weighted by atomic mass is 16.5. The summed E-state index contributed by atoms with van der Waals surface area (Å²) in [6, 6.07) is -1.62. The van der Waals surface area contributed by atoms with Gasteiger partial charge in [-0.25, -0.2) is 9.59 Å². The van der Waals surface area contributed by atoms with E-state index < -0.39 is 29.5 Å². The van der Waals surface area contributed by atoms with Gasteiger partial charge in [0.05, 0.1) is 6.61 Å². The summed E-state index contributed by atoms with van der Waals surface area (Å²) < 4.78 is 5.00. The minimum absolute atomic E-state index is 0.120. The molecule has 0 aromatic rings. The van der Waals surface area contributed by atoms with Crippen molar-refractivity contribution in [2.45, 2.75) is 30.8 Å². The van der Waals surface area contributed by atoms with Crippen molar-refractivity contribution < 1.29 is 29.0 Å². The van der Waals surface area contributed by atoms with E-state index in [-0.39, 0.29) is 38.4 Å². The molecule has 110 valence electrons. The zero-order valence-corrected chi connectivity index (χ0v) is 10.6. The zero-order valence-electron chi connectivity index (χ0n) is 10.6. The number of carboxylic acid groups (broad SMARTS) is 1. The van der Waals surface area contributed by atoms with E-state index in [0.717, 1.165) is 0 Å². The first-order valence-electron chi connectivity index (χ1n) is 6.16. The first kappa shape index (κ1) is 14.3. The van der Waals surface area contributed by atoms with Crippen molar-refractivity contribution in [2.24, 2.45) is 0 Å². The van der Waals surface area contributed by atoms with Gasteiger partial charge in [0.1, 0.15) is 6.04 Å². The smallest absolute Gasteiger partial charge is 0.332 e. The van der Waals surface area contributed by atoms with Gasteiger partial charge < -0.3 is 20.5 Å². The minimum atomic E-state index is -1.47. The summed E-state index contributed by atoms with van der Waals surface area (Å²) >= 11 is 0. The van der Waals surface area contributed by atoms with Gasteiger partial charge in [-0.1, -0.05) is 0 Å². The minimum Gasteiger partial charge on any atom is -0.479 e. The zero-order chi connectivity index (χ0) is 14.8. The highest BCUT2D eigenvalue weighted by Crippen LogP contribution is 2.18. The normalized spacial score (nSPS) is 29.7. The van der Waals surface area contributed by atoms with Crippen LogP contribution >= 0.6 is 0 Å². The van der Waals surface area contributed by atoms with Crippen molar-refractivity contribution in [3.8, 4) is 0 Å². The van der Waals surface area contributed by atoms with E-state index in [1.54, 1.807) is 0 Å². The van der Waals surface area contributed by atoms with Crippen LogP contribution in [0.15, 0.2) is 0 Å². The summed E-state index contributed by atoms with van der Waals surface area (Å²) in [6.07, 6.45) is 0.476. The molecule has 0 bridgehead atoms. The Hall–Kier alpha value is -2.16. The van der Waals surface area contributed by atoms with Crippen LogP contribution in [0.2, 0.25) is 0 Å². The molecule has 9 nitrogen and oxygen atoms in total. The van der Waals surface area contributed by atoms with Crippen LogP contribution in [0.3, 0.4) is 0 Å². The standard InChI is InChI=1S/C11H15N3O6/c15-7-2-1-6(8(16)13-7)12-10(19)14-11(9(17)18)3-4-20-5-11/h6H,1-5H2,(H,17,18)(H2,12,14,19)(H,13,15,16). The third kappa shape index (κ3) is 2.87. The van der Waals surface area contributed by atoms with Gasteiger partial charge in [0.15, 0.2) is 5.54 Å². The first-order chi connectivity index (χ1) is 9.43. The van der Waals surface area contributed by atoms with Crippen LogP contribution in [0.4, 0.5) is 4.79 Å². The van der Waals surface area contributed by atoms with E-state index in [9.17, 15) is 19.2 Å². The lowest BCUT2D eigenvalue weighted by Gasteiger charge is -2.27. The predicted octanol–water partition coefficient (Wildman–Crippen LogP) is -1.67. The summed E-state index contributed by atoms with van der Waals surface area (Å²) in [4.78, 5) is 45.5. The molecule has 0 aliphatic carbocycles. The highest BCUT2D eigenvalue weighted by Gasteiger charge is 2.44. The van der Waals surface area contributed by atoms with Crippen LogP contribution in [0.5, 0.6) is 0 Å². The molecular formula is C11H15N3O6.